The van der Waals surface area contributed by atoms with Gasteiger partial charge in [-0.05, 0) is 31.2 Å². The van der Waals surface area contributed by atoms with Gasteiger partial charge in [0.05, 0.1) is 51.5 Å². The number of carbonyl (C=O) groups excluding carboxylic acids is 5. The molecule has 280 valence electrons. The zero-order valence-corrected chi connectivity index (χ0v) is 28.5. The number of alkyl halides is 4. The number of ketones is 3. The Morgan fingerprint density at radius 3 is 2.02 bits per heavy atom. The number of nitrogens with zero attached hydrogens (tertiary/aromatic N) is 1. The summed E-state index contributed by atoms with van der Waals surface area (Å²) in [4.78, 5) is 68.5. The molecule has 2 aliphatic rings. The normalized spacial score (nSPS) is 20.3. The Bertz CT molecular complexity index is 1280. The Morgan fingerprint density at radius 1 is 0.860 bits per heavy atom. The van der Waals surface area contributed by atoms with Gasteiger partial charge in [-0.1, -0.05) is 44.2 Å². The van der Waals surface area contributed by atoms with E-state index in [1.807, 2.05) is 13.8 Å². The summed E-state index contributed by atoms with van der Waals surface area (Å²) in [5.41, 5.74) is -0.370. The van der Waals surface area contributed by atoms with Crippen LogP contribution >= 0.6 is 0 Å². The molecule has 2 N–H and O–H groups in total. The fourth-order valence-corrected chi connectivity index (χ4v) is 5.59. The number of nitrogens with one attached hydrogen (secondary N) is 2. The van der Waals surface area contributed by atoms with Gasteiger partial charge in [-0.3, -0.25) is 28.9 Å². The summed E-state index contributed by atoms with van der Waals surface area (Å²) in [6.45, 7) is -1.30. The summed E-state index contributed by atoms with van der Waals surface area (Å²) in [5.74, 6) is -5.96. The van der Waals surface area contributed by atoms with Crippen LogP contribution < -0.4 is 10.6 Å². The van der Waals surface area contributed by atoms with E-state index in [1.165, 1.54) is 0 Å². The molecule has 0 radical (unpaired) electrons. The van der Waals surface area contributed by atoms with Gasteiger partial charge in [-0.25, -0.2) is 0 Å². The van der Waals surface area contributed by atoms with Crippen molar-refractivity contribution in [3.05, 3.63) is 35.9 Å². The monoisotopic (exact) mass is 717 g/mol. The summed E-state index contributed by atoms with van der Waals surface area (Å²) < 4.78 is 71.5. The molecule has 2 amide bonds. The Balaban J connectivity index is 1.80. The first-order valence-electron chi connectivity index (χ1n) is 16.6. The first kappa shape index (κ1) is 41.1. The van der Waals surface area contributed by atoms with Gasteiger partial charge in [-0.2, -0.15) is 17.6 Å². The van der Waals surface area contributed by atoms with Crippen LogP contribution in [0.15, 0.2) is 30.3 Å². The lowest BCUT2D eigenvalue weighted by Crippen LogP contribution is -2.51. The van der Waals surface area contributed by atoms with E-state index in [0.717, 1.165) is 0 Å². The van der Waals surface area contributed by atoms with Crippen molar-refractivity contribution in [3.8, 4) is 0 Å². The molecular weight excluding hydrogens is 670 g/mol. The second-order valence-corrected chi connectivity index (χ2v) is 13.2. The third kappa shape index (κ3) is 14.1. The van der Waals surface area contributed by atoms with E-state index in [0.29, 0.717) is 38.3 Å². The van der Waals surface area contributed by atoms with Crippen LogP contribution in [0.3, 0.4) is 0 Å². The Kier molecular flexibility index (Phi) is 16.4. The second-order valence-electron chi connectivity index (χ2n) is 13.2. The Morgan fingerprint density at radius 2 is 1.44 bits per heavy atom. The molecule has 2 heterocycles. The highest BCUT2D eigenvalue weighted by Crippen LogP contribution is 2.30. The largest absolute Gasteiger partial charge is 0.379 e. The molecule has 50 heavy (non-hydrogen) atoms. The predicted octanol–water partition coefficient (Wildman–Crippen LogP) is 2.56. The van der Waals surface area contributed by atoms with Crippen LogP contribution in [0.5, 0.6) is 0 Å². The Hall–Kier alpha value is -3.31. The molecule has 0 saturated carbocycles. The van der Waals surface area contributed by atoms with Crippen molar-refractivity contribution in [2.75, 3.05) is 52.7 Å². The summed E-state index contributed by atoms with van der Waals surface area (Å²) in [6.07, 6.45) is -0.781. The minimum Gasteiger partial charge on any atom is -0.379 e. The van der Waals surface area contributed by atoms with Gasteiger partial charge < -0.3 is 29.6 Å². The number of hydrogen-bond donors (Lipinski definition) is 2. The van der Waals surface area contributed by atoms with Gasteiger partial charge in [0.2, 0.25) is 11.8 Å². The number of rotatable bonds is 23. The topological polar surface area (TPSA) is 153 Å². The number of halogens is 4. The van der Waals surface area contributed by atoms with E-state index >= 15 is 0 Å². The molecule has 0 unspecified atom stereocenters. The van der Waals surface area contributed by atoms with Gasteiger partial charge >= 0.3 is 13.2 Å². The molecule has 2 saturated heterocycles. The molecule has 3 rings (SSSR count). The summed E-state index contributed by atoms with van der Waals surface area (Å²) in [6, 6.07) is 5.99. The fraction of sp³-hybridized carbons (Fsp3) is 0.676. The van der Waals surface area contributed by atoms with Crippen LogP contribution in [0.25, 0.3) is 0 Å². The van der Waals surface area contributed by atoms with Gasteiger partial charge in [0.15, 0.2) is 11.6 Å². The van der Waals surface area contributed by atoms with Crippen LogP contribution in [0, 0.1) is 17.8 Å². The molecule has 16 heteroatoms. The molecule has 0 spiro atoms. The van der Waals surface area contributed by atoms with Crippen LogP contribution in [-0.2, 0) is 49.3 Å². The molecule has 1 aromatic rings. The highest BCUT2D eigenvalue weighted by Gasteiger charge is 2.50. The molecule has 2 aliphatic heterocycles. The molecule has 0 aromatic heterocycles. The molecule has 0 bridgehead atoms. The number of Topliss-reactive ketones (excluding diaryl/α,β-unsaturated/α-hetero) is 3. The number of morpholine rings is 1. The molecular formula is C34H47F4N3O9. The molecule has 12 nitrogen and oxygen atoms in total. The molecule has 0 aliphatic carbocycles. The van der Waals surface area contributed by atoms with Crippen LogP contribution in [0.2, 0.25) is 0 Å². The Labute approximate surface area is 288 Å². The fourth-order valence-electron chi connectivity index (χ4n) is 5.59. The standard InChI is InChI=1S/C34H47F4N3O9/c1-21(2)13-26(29(44)34(3)20-50-34)39-30(45)23(14-22-7-5-4-6-8-22)16-28(43)27(19-49-33(37)38)40-31(46)24(18-48-32(35)36)15-25(42)17-41-9-11-47-12-10-41/h4-8,21,23-24,26-27,32-33H,9-20H2,1-3H3,(H,39,45)(H,40,46)/t23-,24+,26+,27+,34-/m1/s1. The summed E-state index contributed by atoms with van der Waals surface area (Å²) in [5, 5.41) is 5.02. The first-order chi connectivity index (χ1) is 23.7. The van der Waals surface area contributed by atoms with Gasteiger partial charge in [-0.15, -0.1) is 0 Å². The van der Waals surface area contributed by atoms with Crippen molar-refractivity contribution < 1.29 is 60.5 Å². The van der Waals surface area contributed by atoms with Gasteiger partial charge in [0.25, 0.3) is 0 Å². The minimum atomic E-state index is -3.33. The smallest absolute Gasteiger partial charge is 0.345 e. The number of epoxide rings is 1. The summed E-state index contributed by atoms with van der Waals surface area (Å²) in [7, 11) is 0. The third-order valence-electron chi connectivity index (χ3n) is 8.45. The van der Waals surface area contributed by atoms with Crippen LogP contribution in [0.1, 0.15) is 45.6 Å². The predicted molar refractivity (Wildman–Crippen MR) is 170 cm³/mol. The SMILES string of the molecule is CC(C)C[C@H](NC(=O)[C@@H](CC(=O)[C@H](COC(F)F)NC(=O)[C@H](COC(F)F)CC(=O)CN1CCOCC1)Cc1ccccc1)C(=O)[C@@]1(C)CO1. The lowest BCUT2D eigenvalue weighted by atomic mass is 9.89. The van der Waals surface area contributed by atoms with Crippen molar-refractivity contribution in [2.45, 2.75) is 77.4 Å². The van der Waals surface area contributed by atoms with Crippen LogP contribution in [0.4, 0.5) is 17.6 Å². The molecule has 5 atom stereocenters. The van der Waals surface area contributed by atoms with E-state index in [2.05, 4.69) is 20.1 Å². The quantitative estimate of drug-likeness (QED) is 0.128. The number of carbonyl (C=O) groups is 5. The average molecular weight is 718 g/mol. The van der Waals surface area contributed by atoms with E-state index in [-0.39, 0.29) is 31.3 Å². The van der Waals surface area contributed by atoms with Gasteiger partial charge in [0, 0.05) is 31.8 Å². The maximum Gasteiger partial charge on any atom is 0.345 e. The zero-order valence-electron chi connectivity index (χ0n) is 28.5. The van der Waals surface area contributed by atoms with Crippen molar-refractivity contribution in [2.24, 2.45) is 17.8 Å². The first-order valence-corrected chi connectivity index (χ1v) is 16.6. The van der Waals surface area contributed by atoms with Crippen molar-refractivity contribution in [3.63, 3.8) is 0 Å². The lowest BCUT2D eigenvalue weighted by Gasteiger charge is -2.27. The molecule has 2 fully saturated rings. The number of amides is 2. The van der Waals surface area contributed by atoms with Gasteiger partial charge in [0.1, 0.15) is 17.4 Å². The third-order valence-corrected chi connectivity index (χ3v) is 8.45. The summed E-state index contributed by atoms with van der Waals surface area (Å²) >= 11 is 0. The minimum absolute atomic E-state index is 0.00893. The van der Waals surface area contributed by atoms with Crippen molar-refractivity contribution >= 4 is 29.2 Å². The highest BCUT2D eigenvalue weighted by molar-refractivity contribution is 5.98. The maximum atomic E-state index is 13.7. The van der Waals surface area contributed by atoms with Crippen LogP contribution in [-0.4, -0.2) is 118 Å². The maximum absolute atomic E-state index is 13.7. The average Bonchev–Trinajstić information content (AvgIpc) is 3.82. The van der Waals surface area contributed by atoms with E-state index < -0.39 is 92.2 Å². The van der Waals surface area contributed by atoms with Crippen molar-refractivity contribution in [1.29, 1.82) is 0 Å². The van der Waals surface area contributed by atoms with Crippen molar-refractivity contribution in [1.82, 2.24) is 15.5 Å². The number of ether oxygens (including phenoxy) is 4. The number of hydrogen-bond acceptors (Lipinski definition) is 10. The second kappa shape index (κ2) is 19.9. The zero-order chi connectivity index (χ0) is 36.8. The van der Waals surface area contributed by atoms with E-state index in [9.17, 15) is 41.5 Å². The van der Waals surface area contributed by atoms with E-state index in [1.54, 1.807) is 42.2 Å². The lowest BCUT2D eigenvalue weighted by molar-refractivity contribution is -0.156. The number of benzene rings is 1. The molecule has 1 aromatic carbocycles. The van der Waals surface area contributed by atoms with E-state index in [4.69, 9.17) is 9.47 Å². The highest BCUT2D eigenvalue weighted by atomic mass is 19.3.